The zero-order valence-corrected chi connectivity index (χ0v) is 8.52. The lowest BCUT2D eigenvalue weighted by molar-refractivity contribution is 0.390. The van der Waals surface area contributed by atoms with Crippen LogP contribution in [0.2, 0.25) is 0 Å². The first-order valence-corrected chi connectivity index (χ1v) is 5.87. The lowest BCUT2D eigenvalue weighted by Crippen LogP contribution is -2.35. The van der Waals surface area contributed by atoms with Gasteiger partial charge in [0.2, 0.25) is 0 Å². The highest BCUT2D eigenvalue weighted by molar-refractivity contribution is 8.00. The van der Waals surface area contributed by atoms with Crippen LogP contribution in [0.1, 0.15) is 25.7 Å². The molecule has 2 fully saturated rings. The fourth-order valence-corrected chi connectivity index (χ4v) is 4.20. The Bertz CT molecular complexity index is 240. The minimum atomic E-state index is 0.514. The number of thioether (sulfide) groups is 1. The lowest BCUT2D eigenvalue weighted by Gasteiger charge is -2.40. The van der Waals surface area contributed by atoms with Gasteiger partial charge < -0.3 is 0 Å². The summed E-state index contributed by atoms with van der Waals surface area (Å²) in [6.45, 7) is 0. The van der Waals surface area contributed by atoms with E-state index >= 15 is 0 Å². The normalized spacial score (nSPS) is 43.2. The second-order valence-electron chi connectivity index (χ2n) is 3.91. The molecule has 0 spiro atoms. The number of hydrogen-bond acceptors (Lipinski definition) is 1. The summed E-state index contributed by atoms with van der Waals surface area (Å²) in [6, 6.07) is 0. The van der Waals surface area contributed by atoms with Crippen molar-refractivity contribution in [3.63, 3.8) is 0 Å². The Morgan fingerprint density at radius 2 is 1.31 bits per heavy atom. The van der Waals surface area contributed by atoms with E-state index in [4.69, 9.17) is 12.8 Å². The van der Waals surface area contributed by atoms with Crippen LogP contribution in [-0.4, -0.2) is 10.5 Å². The number of fused-ring (bicyclic) bond motifs is 2. The molecule has 0 aromatic heterocycles. The maximum absolute atomic E-state index is 5.50. The third-order valence-corrected chi connectivity index (χ3v) is 5.03. The summed E-state index contributed by atoms with van der Waals surface area (Å²) < 4.78 is 0. The number of rotatable bonds is 0. The Morgan fingerprint density at radius 3 is 1.69 bits per heavy atom. The van der Waals surface area contributed by atoms with Crippen LogP contribution < -0.4 is 0 Å². The average molecular weight is 190 g/mol. The standard InChI is InChI=1S/C12H14S/c1-3-9-5-7-12-10(4-2)6-8-11(9)13-12/h1-2,9-12H,5-8H2/t9-,10-,11-,12-/m1/s1. The molecule has 68 valence electrons. The van der Waals surface area contributed by atoms with Gasteiger partial charge in [-0.1, -0.05) is 0 Å². The molecule has 0 amide bonds. The van der Waals surface area contributed by atoms with Gasteiger partial charge in [-0.25, -0.2) is 0 Å². The minimum Gasteiger partial charge on any atom is -0.153 e. The van der Waals surface area contributed by atoms with Crippen molar-refractivity contribution in [1.82, 2.24) is 0 Å². The van der Waals surface area contributed by atoms with Crippen LogP contribution in [0.15, 0.2) is 0 Å². The van der Waals surface area contributed by atoms with Gasteiger partial charge in [-0.05, 0) is 25.7 Å². The third kappa shape index (κ3) is 1.59. The Kier molecular flexibility index (Phi) is 2.56. The van der Waals surface area contributed by atoms with Crippen molar-refractivity contribution >= 4 is 11.8 Å². The van der Waals surface area contributed by atoms with E-state index in [0.29, 0.717) is 22.3 Å². The van der Waals surface area contributed by atoms with Gasteiger partial charge in [0.25, 0.3) is 0 Å². The van der Waals surface area contributed by atoms with Crippen molar-refractivity contribution < 1.29 is 0 Å². The summed E-state index contributed by atoms with van der Waals surface area (Å²) in [6.07, 6.45) is 15.8. The van der Waals surface area contributed by atoms with Crippen molar-refractivity contribution in [1.29, 1.82) is 0 Å². The Labute approximate surface area is 84.9 Å². The Hall–Kier alpha value is -0.530. The monoisotopic (exact) mass is 190 g/mol. The largest absolute Gasteiger partial charge is 0.153 e. The molecule has 2 bridgehead atoms. The molecule has 2 aliphatic heterocycles. The second kappa shape index (κ2) is 3.69. The van der Waals surface area contributed by atoms with Gasteiger partial charge in [0, 0.05) is 22.3 Å². The third-order valence-electron chi connectivity index (χ3n) is 3.20. The number of hydrogen-bond donors (Lipinski definition) is 0. The quantitative estimate of drug-likeness (QED) is 0.529. The average Bonchev–Trinajstić information content (AvgIpc) is 2.19. The molecule has 2 aliphatic rings. The maximum atomic E-state index is 5.50. The molecule has 0 aromatic carbocycles. The summed E-state index contributed by atoms with van der Waals surface area (Å²) in [5.41, 5.74) is 0. The summed E-state index contributed by atoms with van der Waals surface area (Å²) in [5.74, 6) is 6.87. The summed E-state index contributed by atoms with van der Waals surface area (Å²) >= 11 is 2.05. The first kappa shape index (κ1) is 9.04. The maximum Gasteiger partial charge on any atom is 0.0319 e. The highest BCUT2D eigenvalue weighted by atomic mass is 32.2. The zero-order chi connectivity index (χ0) is 9.26. The van der Waals surface area contributed by atoms with Crippen LogP contribution in [0.4, 0.5) is 0 Å². The topological polar surface area (TPSA) is 0 Å². The Morgan fingerprint density at radius 1 is 0.846 bits per heavy atom. The molecule has 13 heavy (non-hydrogen) atoms. The van der Waals surface area contributed by atoms with E-state index in [0.717, 1.165) is 0 Å². The van der Waals surface area contributed by atoms with Crippen LogP contribution >= 0.6 is 11.8 Å². The first-order chi connectivity index (χ1) is 6.35. The van der Waals surface area contributed by atoms with Crippen molar-refractivity contribution in [2.75, 3.05) is 0 Å². The molecule has 0 radical (unpaired) electrons. The lowest BCUT2D eigenvalue weighted by atomic mass is 9.85. The van der Waals surface area contributed by atoms with Crippen LogP contribution in [0.3, 0.4) is 0 Å². The highest BCUT2D eigenvalue weighted by Crippen LogP contribution is 2.46. The van der Waals surface area contributed by atoms with Crippen molar-refractivity contribution in [2.45, 2.75) is 36.2 Å². The molecule has 0 aromatic rings. The van der Waals surface area contributed by atoms with E-state index in [1.54, 1.807) is 0 Å². The molecule has 2 heterocycles. The SMILES string of the molecule is C#C[C@@H]1CC[C@H]2S[C@@H]1CC[C@H]2C#C. The van der Waals surface area contributed by atoms with Crippen molar-refractivity contribution in [3.8, 4) is 24.7 Å². The molecular weight excluding hydrogens is 176 g/mol. The predicted molar refractivity (Wildman–Crippen MR) is 58.3 cm³/mol. The predicted octanol–water partition coefficient (Wildman–Crippen LogP) is 2.54. The highest BCUT2D eigenvalue weighted by Gasteiger charge is 2.37. The van der Waals surface area contributed by atoms with E-state index in [1.807, 2.05) is 0 Å². The number of terminal acetylenes is 2. The minimum absolute atomic E-state index is 0.514. The van der Waals surface area contributed by atoms with Gasteiger partial charge in [0.1, 0.15) is 0 Å². The van der Waals surface area contributed by atoms with Gasteiger partial charge in [-0.3, -0.25) is 0 Å². The van der Waals surface area contributed by atoms with Crippen LogP contribution in [0.25, 0.3) is 0 Å². The van der Waals surface area contributed by atoms with E-state index in [-0.39, 0.29) is 0 Å². The molecule has 2 saturated heterocycles. The molecule has 0 N–H and O–H groups in total. The molecule has 1 heteroatoms. The fraction of sp³-hybridized carbons (Fsp3) is 0.667. The molecule has 0 unspecified atom stereocenters. The summed E-state index contributed by atoms with van der Waals surface area (Å²) in [5, 5.41) is 1.40. The molecule has 2 rings (SSSR count). The summed E-state index contributed by atoms with van der Waals surface area (Å²) in [4.78, 5) is 0. The van der Waals surface area contributed by atoms with Gasteiger partial charge in [0.05, 0.1) is 0 Å². The Balaban J connectivity index is 2.06. The van der Waals surface area contributed by atoms with Gasteiger partial charge >= 0.3 is 0 Å². The van der Waals surface area contributed by atoms with E-state index < -0.39 is 0 Å². The van der Waals surface area contributed by atoms with Gasteiger partial charge in [0.15, 0.2) is 0 Å². The molecular formula is C12H14S. The van der Waals surface area contributed by atoms with Crippen LogP contribution in [0.5, 0.6) is 0 Å². The summed E-state index contributed by atoms with van der Waals surface area (Å²) in [7, 11) is 0. The van der Waals surface area contributed by atoms with Gasteiger partial charge in [-0.15, -0.1) is 24.7 Å². The van der Waals surface area contributed by atoms with E-state index in [1.165, 1.54) is 25.7 Å². The first-order valence-electron chi connectivity index (χ1n) is 4.93. The molecule has 0 saturated carbocycles. The smallest absolute Gasteiger partial charge is 0.0319 e. The molecule has 0 nitrogen and oxygen atoms in total. The van der Waals surface area contributed by atoms with Crippen molar-refractivity contribution in [2.24, 2.45) is 11.8 Å². The van der Waals surface area contributed by atoms with Crippen molar-refractivity contribution in [3.05, 3.63) is 0 Å². The zero-order valence-electron chi connectivity index (χ0n) is 7.70. The molecule has 0 aliphatic carbocycles. The fourth-order valence-electron chi connectivity index (χ4n) is 2.39. The van der Waals surface area contributed by atoms with E-state index in [2.05, 4.69) is 23.6 Å². The van der Waals surface area contributed by atoms with Gasteiger partial charge in [-0.2, -0.15) is 11.8 Å². The van der Waals surface area contributed by atoms with E-state index in [9.17, 15) is 0 Å². The second-order valence-corrected chi connectivity index (χ2v) is 5.40. The molecule has 4 atom stereocenters. The van der Waals surface area contributed by atoms with Crippen LogP contribution in [-0.2, 0) is 0 Å². The van der Waals surface area contributed by atoms with Crippen LogP contribution in [0, 0.1) is 36.5 Å².